The lowest BCUT2D eigenvalue weighted by Crippen LogP contribution is -2.59. The van der Waals surface area contributed by atoms with E-state index in [9.17, 15) is 0 Å². The normalized spacial score (nSPS) is 16.8. The largest absolute Gasteiger partial charge is 0.524 e. The van der Waals surface area contributed by atoms with Crippen LogP contribution >= 0.6 is 0 Å². The van der Waals surface area contributed by atoms with Crippen LogP contribution in [0.4, 0.5) is 5.69 Å². The van der Waals surface area contributed by atoms with Crippen molar-refractivity contribution >= 4 is 23.7 Å². The molecule has 1 saturated heterocycles. The Kier molecular flexibility index (Phi) is 16.2. The zero-order valence-corrected chi connectivity index (χ0v) is 25.8. The molecule has 0 saturated carbocycles. The first kappa shape index (κ1) is 32.2. The molecule has 1 fully saturated rings. The summed E-state index contributed by atoms with van der Waals surface area (Å²) < 4.78 is 32.1. The third-order valence-electron chi connectivity index (χ3n) is 5.46. The summed E-state index contributed by atoms with van der Waals surface area (Å²) in [6.07, 6.45) is 2.12. The van der Waals surface area contributed by atoms with Gasteiger partial charge >= 0.3 is 8.80 Å². The maximum absolute atomic E-state index is 6.23. The minimum absolute atomic E-state index is 0.00433. The maximum Gasteiger partial charge on any atom is 0.524 e. The van der Waals surface area contributed by atoms with Crippen LogP contribution in [0.1, 0.15) is 68.2 Å². The molecular weight excluding hydrogens is 476 g/mol. The van der Waals surface area contributed by atoms with Crippen molar-refractivity contribution in [1.82, 2.24) is 4.57 Å². The van der Waals surface area contributed by atoms with Crippen LogP contribution in [0.3, 0.4) is 0 Å². The van der Waals surface area contributed by atoms with Gasteiger partial charge in [-0.05, 0) is 66.1 Å². The number of rotatable bonds is 14. The zero-order chi connectivity index (χ0) is 26.2. The van der Waals surface area contributed by atoms with Crippen LogP contribution in [0.5, 0.6) is 0 Å². The van der Waals surface area contributed by atoms with Gasteiger partial charge in [0.1, 0.15) is 0 Å². The molecule has 2 unspecified atom stereocenters. The molecule has 1 aromatic rings. The van der Waals surface area contributed by atoms with E-state index < -0.39 is 18.0 Å². The summed E-state index contributed by atoms with van der Waals surface area (Å²) in [4.78, 5) is 0. The second kappa shape index (κ2) is 17.6. The lowest BCUT2D eigenvalue weighted by atomic mass is 10.2. The van der Waals surface area contributed by atoms with E-state index in [1.807, 2.05) is 51.1 Å². The predicted octanol–water partition coefficient (Wildman–Crippen LogP) is 5.23. The minimum Gasteiger partial charge on any atom is -0.401 e. The van der Waals surface area contributed by atoms with Gasteiger partial charge in [-0.25, -0.2) is 0 Å². The molecule has 0 bridgehead atoms. The highest BCUT2D eigenvalue weighted by Gasteiger charge is 2.48. The van der Waals surface area contributed by atoms with Crippen molar-refractivity contribution in [2.45, 2.75) is 85.5 Å². The summed E-state index contributed by atoms with van der Waals surface area (Å²) in [5, 5.41) is 3.51. The minimum atomic E-state index is -2.72. The van der Waals surface area contributed by atoms with Gasteiger partial charge in [0.25, 0.3) is 9.20 Å². The maximum atomic E-state index is 6.23. The van der Waals surface area contributed by atoms with Crippen LogP contribution in [-0.4, -0.2) is 80.0 Å². The van der Waals surface area contributed by atoms with Crippen molar-refractivity contribution in [3.05, 3.63) is 30.3 Å². The number of nitrogens with one attached hydrogen (secondary N) is 1. The summed E-state index contributed by atoms with van der Waals surface area (Å²) in [5.74, 6) is 0. The number of para-hydroxylation sites is 1. The van der Waals surface area contributed by atoms with E-state index >= 15 is 0 Å². The van der Waals surface area contributed by atoms with Crippen LogP contribution in [0, 0.1) is 0 Å². The van der Waals surface area contributed by atoms with E-state index in [1.54, 1.807) is 0 Å². The van der Waals surface area contributed by atoms with Gasteiger partial charge in [-0.3, -0.25) is 0 Å². The van der Waals surface area contributed by atoms with Crippen molar-refractivity contribution in [1.29, 1.82) is 0 Å². The lowest BCUT2D eigenvalue weighted by Gasteiger charge is -2.37. The van der Waals surface area contributed by atoms with Crippen molar-refractivity contribution < 1.29 is 22.4 Å². The highest BCUT2D eigenvalue weighted by Crippen LogP contribution is 2.22. The monoisotopic (exact) mass is 528 g/mol. The Morgan fingerprint density at radius 3 is 1.91 bits per heavy atom. The first-order valence-corrected chi connectivity index (χ1v) is 17.1. The first-order chi connectivity index (χ1) is 16.7. The number of hydrogen-bond donors (Lipinski definition) is 1. The number of ether oxygens (including phenoxy) is 1. The highest BCUT2D eigenvalue weighted by atomic mass is 28.4. The van der Waals surface area contributed by atoms with E-state index in [4.69, 9.17) is 22.4 Å². The standard InChI is InChI=1S/C15H27NO3Si.C11H25NO2Si/c1-5-15(16-14-12-10-9-11-13-14)20(17-6-2,18-7-3)19-8-4;1-5-10-15(14-11(2,3)4)12-6-8-13-9-7-12/h9-13,15-16H,5-8H2,1-4H3;15H,5-10H2,1-4H3. The Bertz CT molecular complexity index is 625. The fourth-order valence-electron chi connectivity index (χ4n) is 4.04. The van der Waals surface area contributed by atoms with Gasteiger partial charge in [0.15, 0.2) is 0 Å². The summed E-state index contributed by atoms with van der Waals surface area (Å²) in [5.41, 5.74) is 1.13. The third-order valence-corrected chi connectivity index (χ3v) is 12.3. The molecular formula is C26H52N2O5Si2. The molecule has 1 aliphatic heterocycles. The second-order valence-electron chi connectivity index (χ2n) is 9.50. The van der Waals surface area contributed by atoms with Crippen molar-refractivity contribution in [3.8, 4) is 0 Å². The van der Waals surface area contributed by atoms with Crippen LogP contribution in [0.2, 0.25) is 6.04 Å². The van der Waals surface area contributed by atoms with E-state index in [2.05, 4.69) is 44.5 Å². The number of nitrogens with zero attached hydrogens (tertiary/aromatic N) is 1. The van der Waals surface area contributed by atoms with Gasteiger partial charge in [-0.2, -0.15) is 0 Å². The summed E-state index contributed by atoms with van der Waals surface area (Å²) in [6.45, 7) is 22.4. The van der Waals surface area contributed by atoms with Gasteiger partial charge in [0.2, 0.25) is 0 Å². The van der Waals surface area contributed by atoms with Gasteiger partial charge in [0.05, 0.1) is 18.9 Å². The Balaban J connectivity index is 0.000000365. The third kappa shape index (κ3) is 12.3. The van der Waals surface area contributed by atoms with Gasteiger partial charge in [-0.15, -0.1) is 0 Å². The molecule has 35 heavy (non-hydrogen) atoms. The molecule has 0 aromatic heterocycles. The van der Waals surface area contributed by atoms with Crippen molar-refractivity contribution in [3.63, 3.8) is 0 Å². The van der Waals surface area contributed by atoms with E-state index in [1.165, 1.54) is 12.5 Å². The van der Waals surface area contributed by atoms with E-state index in [-0.39, 0.29) is 11.3 Å². The molecule has 9 heteroatoms. The highest BCUT2D eigenvalue weighted by molar-refractivity contribution is 6.63. The lowest BCUT2D eigenvalue weighted by molar-refractivity contribution is 0.0449. The molecule has 2 rings (SSSR count). The Morgan fingerprint density at radius 2 is 1.49 bits per heavy atom. The summed E-state index contributed by atoms with van der Waals surface area (Å²) >= 11 is 0. The Labute approximate surface area is 218 Å². The molecule has 1 heterocycles. The van der Waals surface area contributed by atoms with Gasteiger partial charge < -0.3 is 32.3 Å². The molecule has 1 aliphatic rings. The van der Waals surface area contributed by atoms with Gasteiger partial charge in [-0.1, -0.05) is 38.5 Å². The average molecular weight is 529 g/mol. The van der Waals surface area contributed by atoms with Crippen LogP contribution in [0.25, 0.3) is 0 Å². The number of anilines is 1. The zero-order valence-electron chi connectivity index (χ0n) is 23.6. The molecule has 1 N–H and O–H groups in total. The topological polar surface area (TPSA) is 61.4 Å². The molecule has 0 radical (unpaired) electrons. The van der Waals surface area contributed by atoms with Gasteiger partial charge in [0, 0.05) is 44.2 Å². The molecule has 1 aromatic carbocycles. The number of morpholine rings is 1. The average Bonchev–Trinajstić information content (AvgIpc) is 2.83. The van der Waals surface area contributed by atoms with Crippen molar-refractivity contribution in [2.75, 3.05) is 51.4 Å². The van der Waals surface area contributed by atoms with Crippen molar-refractivity contribution in [2.24, 2.45) is 0 Å². The Morgan fingerprint density at radius 1 is 0.943 bits per heavy atom. The number of benzene rings is 1. The van der Waals surface area contributed by atoms with Crippen LogP contribution < -0.4 is 5.32 Å². The summed E-state index contributed by atoms with van der Waals surface area (Å²) in [6, 6.07) is 11.4. The predicted molar refractivity (Wildman–Crippen MR) is 150 cm³/mol. The van der Waals surface area contributed by atoms with Crippen LogP contribution in [-0.2, 0) is 22.4 Å². The molecule has 0 aliphatic carbocycles. The molecule has 2 atom stereocenters. The summed E-state index contributed by atoms with van der Waals surface area (Å²) in [7, 11) is -3.91. The van der Waals surface area contributed by atoms with Crippen LogP contribution in [0.15, 0.2) is 30.3 Å². The quantitative estimate of drug-likeness (QED) is 0.332. The second-order valence-corrected chi connectivity index (χ2v) is 14.7. The molecule has 7 nitrogen and oxygen atoms in total. The first-order valence-electron chi connectivity index (χ1n) is 13.5. The fourth-order valence-corrected chi connectivity index (χ4v) is 9.68. The molecule has 0 spiro atoms. The SMILES string of the molecule is CCC[SiH](OC(C)(C)C)N1CCOCC1.CCO[Si](OCC)(OCC)C(CC)Nc1ccccc1. The van der Waals surface area contributed by atoms with E-state index in [0.29, 0.717) is 19.8 Å². The fraction of sp³-hybridized carbons (Fsp3) is 0.769. The number of hydrogen-bond acceptors (Lipinski definition) is 7. The Hall–Kier alpha value is -0.786. The molecule has 0 amide bonds. The smallest absolute Gasteiger partial charge is 0.401 e. The van der Waals surface area contributed by atoms with E-state index in [0.717, 1.165) is 38.4 Å². The molecule has 204 valence electrons.